The second-order valence-electron chi connectivity index (χ2n) is 6.05. The summed E-state index contributed by atoms with van der Waals surface area (Å²) in [7, 11) is 0. The van der Waals surface area contributed by atoms with E-state index in [0.29, 0.717) is 17.6 Å². The van der Waals surface area contributed by atoms with E-state index in [0.717, 1.165) is 23.7 Å². The second kappa shape index (κ2) is 5.11. The predicted molar refractivity (Wildman–Crippen MR) is 80.1 cm³/mol. The fourth-order valence-corrected chi connectivity index (χ4v) is 3.50. The zero-order valence-electron chi connectivity index (χ0n) is 11.8. The number of benzene rings is 1. The van der Waals surface area contributed by atoms with E-state index in [1.165, 1.54) is 12.8 Å². The van der Waals surface area contributed by atoms with Crippen molar-refractivity contribution in [3.8, 4) is 0 Å². The zero-order valence-corrected chi connectivity index (χ0v) is 11.8. The average Bonchev–Trinajstić information content (AvgIpc) is 2.85. The van der Waals surface area contributed by atoms with E-state index in [2.05, 4.69) is 10.3 Å². The van der Waals surface area contributed by atoms with Crippen LogP contribution in [0.25, 0.3) is 10.9 Å². The molecule has 3 heterocycles. The normalized spacial score (nSPS) is 27.7. The minimum atomic E-state index is -0.250. The largest absolute Gasteiger partial charge is 0.459 e. The predicted octanol–water partition coefficient (Wildman–Crippen LogP) is 2.67. The number of fused-ring (bicyclic) bond motifs is 3. The first kappa shape index (κ1) is 12.8. The summed E-state index contributed by atoms with van der Waals surface area (Å²) in [6, 6.07) is 10.7. The number of piperidine rings is 1. The number of nitrogens with zero attached hydrogens (tertiary/aromatic N) is 1. The Morgan fingerprint density at radius 3 is 2.76 bits per heavy atom. The van der Waals surface area contributed by atoms with Gasteiger partial charge >= 0.3 is 5.97 Å². The lowest BCUT2D eigenvalue weighted by Crippen LogP contribution is -2.42. The van der Waals surface area contributed by atoms with Gasteiger partial charge in [0.2, 0.25) is 0 Å². The van der Waals surface area contributed by atoms with Gasteiger partial charge in [0.05, 0.1) is 11.1 Å². The van der Waals surface area contributed by atoms with E-state index < -0.39 is 0 Å². The first-order valence-corrected chi connectivity index (χ1v) is 7.60. The van der Waals surface area contributed by atoms with Gasteiger partial charge in [-0.3, -0.25) is 4.98 Å². The molecule has 4 rings (SSSR count). The number of carbonyl (C=O) groups is 1. The van der Waals surface area contributed by atoms with Gasteiger partial charge in [-0.1, -0.05) is 18.2 Å². The van der Waals surface area contributed by atoms with Crippen LogP contribution in [0.15, 0.2) is 36.5 Å². The van der Waals surface area contributed by atoms with Crippen molar-refractivity contribution in [2.45, 2.75) is 43.9 Å². The molecule has 0 radical (unpaired) electrons. The molecule has 2 bridgehead atoms. The summed E-state index contributed by atoms with van der Waals surface area (Å²) < 4.78 is 5.69. The Morgan fingerprint density at radius 2 is 1.95 bits per heavy atom. The van der Waals surface area contributed by atoms with Crippen LogP contribution in [-0.2, 0) is 4.74 Å². The molecule has 0 aliphatic carbocycles. The van der Waals surface area contributed by atoms with Crippen LogP contribution in [0.3, 0.4) is 0 Å². The minimum Gasteiger partial charge on any atom is -0.459 e. The monoisotopic (exact) mass is 282 g/mol. The highest BCUT2D eigenvalue weighted by atomic mass is 16.5. The Balaban J connectivity index is 1.50. The lowest BCUT2D eigenvalue weighted by Gasteiger charge is -2.28. The zero-order chi connectivity index (χ0) is 14.2. The van der Waals surface area contributed by atoms with Crippen LogP contribution < -0.4 is 5.32 Å². The van der Waals surface area contributed by atoms with Gasteiger partial charge in [-0.25, -0.2) is 4.79 Å². The maximum atomic E-state index is 12.3. The van der Waals surface area contributed by atoms with Crippen molar-refractivity contribution in [3.63, 3.8) is 0 Å². The van der Waals surface area contributed by atoms with Gasteiger partial charge in [-0.2, -0.15) is 0 Å². The maximum absolute atomic E-state index is 12.3. The lowest BCUT2D eigenvalue weighted by atomic mass is 10.0. The molecule has 0 spiro atoms. The van der Waals surface area contributed by atoms with Crippen LogP contribution in [0, 0.1) is 0 Å². The van der Waals surface area contributed by atoms with Gasteiger partial charge in [0.15, 0.2) is 0 Å². The molecule has 2 saturated heterocycles. The van der Waals surface area contributed by atoms with E-state index in [9.17, 15) is 4.79 Å². The lowest BCUT2D eigenvalue weighted by molar-refractivity contribution is 0.0177. The Labute approximate surface area is 123 Å². The van der Waals surface area contributed by atoms with E-state index >= 15 is 0 Å². The first-order chi connectivity index (χ1) is 10.3. The SMILES string of the molecule is O=C(OC1C[C@H]2CC[C@@H](C1)N2)c1cnc2ccccc2c1. The highest BCUT2D eigenvalue weighted by molar-refractivity contribution is 5.93. The summed E-state index contributed by atoms with van der Waals surface area (Å²) in [5.74, 6) is -0.250. The molecular weight excluding hydrogens is 264 g/mol. The molecule has 1 aromatic carbocycles. The topological polar surface area (TPSA) is 51.2 Å². The molecule has 0 amide bonds. The summed E-state index contributed by atoms with van der Waals surface area (Å²) in [5, 5.41) is 4.52. The molecule has 1 unspecified atom stereocenters. The smallest absolute Gasteiger partial charge is 0.339 e. The van der Waals surface area contributed by atoms with Crippen LogP contribution in [0.2, 0.25) is 0 Å². The summed E-state index contributed by atoms with van der Waals surface area (Å²) in [6.07, 6.45) is 5.93. The summed E-state index contributed by atoms with van der Waals surface area (Å²) >= 11 is 0. The van der Waals surface area contributed by atoms with Gasteiger partial charge in [-0.15, -0.1) is 0 Å². The molecule has 3 atom stereocenters. The maximum Gasteiger partial charge on any atom is 0.339 e. The van der Waals surface area contributed by atoms with Gasteiger partial charge < -0.3 is 10.1 Å². The van der Waals surface area contributed by atoms with E-state index in [1.54, 1.807) is 6.20 Å². The van der Waals surface area contributed by atoms with Crippen molar-refractivity contribution < 1.29 is 9.53 Å². The fourth-order valence-electron chi connectivity index (χ4n) is 3.50. The van der Waals surface area contributed by atoms with Crippen molar-refractivity contribution in [2.24, 2.45) is 0 Å². The third-order valence-electron chi connectivity index (χ3n) is 4.53. The molecular formula is C17H18N2O2. The molecule has 21 heavy (non-hydrogen) atoms. The summed E-state index contributed by atoms with van der Waals surface area (Å²) in [5.41, 5.74) is 1.44. The second-order valence-corrected chi connectivity index (χ2v) is 6.05. The molecule has 2 aliphatic rings. The number of pyridine rings is 1. The number of ether oxygens (including phenoxy) is 1. The van der Waals surface area contributed by atoms with Crippen molar-refractivity contribution in [3.05, 3.63) is 42.1 Å². The Morgan fingerprint density at radius 1 is 1.19 bits per heavy atom. The van der Waals surface area contributed by atoms with Gasteiger partial charge in [-0.05, 0) is 37.8 Å². The number of rotatable bonds is 2. The molecule has 2 aromatic rings. The highest BCUT2D eigenvalue weighted by Crippen LogP contribution is 2.29. The van der Waals surface area contributed by atoms with Crippen LogP contribution >= 0.6 is 0 Å². The number of hydrogen-bond donors (Lipinski definition) is 1. The molecule has 4 heteroatoms. The van der Waals surface area contributed by atoms with Crippen molar-refractivity contribution in [2.75, 3.05) is 0 Å². The summed E-state index contributed by atoms with van der Waals surface area (Å²) in [6.45, 7) is 0. The van der Waals surface area contributed by atoms with Crippen molar-refractivity contribution in [1.29, 1.82) is 0 Å². The third-order valence-corrected chi connectivity index (χ3v) is 4.53. The molecule has 108 valence electrons. The van der Waals surface area contributed by atoms with Crippen LogP contribution in [0.4, 0.5) is 0 Å². The van der Waals surface area contributed by atoms with Gasteiger partial charge in [0.25, 0.3) is 0 Å². The Kier molecular flexibility index (Phi) is 3.11. The first-order valence-electron chi connectivity index (χ1n) is 7.60. The molecule has 4 nitrogen and oxygen atoms in total. The average molecular weight is 282 g/mol. The molecule has 2 fully saturated rings. The fraction of sp³-hybridized carbons (Fsp3) is 0.412. The van der Waals surface area contributed by atoms with Crippen LogP contribution in [0.1, 0.15) is 36.0 Å². The molecule has 1 aromatic heterocycles. The molecule has 2 aliphatic heterocycles. The van der Waals surface area contributed by atoms with E-state index in [4.69, 9.17) is 4.74 Å². The number of carbonyl (C=O) groups excluding carboxylic acids is 1. The van der Waals surface area contributed by atoms with Gasteiger partial charge in [0, 0.05) is 23.7 Å². The quantitative estimate of drug-likeness (QED) is 0.860. The van der Waals surface area contributed by atoms with Crippen molar-refractivity contribution in [1.82, 2.24) is 10.3 Å². The highest BCUT2D eigenvalue weighted by Gasteiger charge is 2.35. The molecule has 1 N–H and O–H groups in total. The number of aromatic nitrogens is 1. The molecule has 0 saturated carbocycles. The Bertz CT molecular complexity index is 673. The number of hydrogen-bond acceptors (Lipinski definition) is 4. The number of esters is 1. The Hall–Kier alpha value is -1.94. The minimum absolute atomic E-state index is 0.0442. The van der Waals surface area contributed by atoms with Crippen LogP contribution in [0.5, 0.6) is 0 Å². The van der Waals surface area contributed by atoms with E-state index in [-0.39, 0.29) is 12.1 Å². The van der Waals surface area contributed by atoms with Gasteiger partial charge in [0.1, 0.15) is 6.10 Å². The third kappa shape index (κ3) is 2.51. The van der Waals surface area contributed by atoms with E-state index in [1.807, 2.05) is 30.3 Å². The number of para-hydroxylation sites is 1. The van der Waals surface area contributed by atoms with Crippen LogP contribution in [-0.4, -0.2) is 29.1 Å². The standard InChI is InChI=1S/C17H18N2O2/c20-17(21-15-8-13-5-6-14(9-15)19-13)12-7-11-3-1-2-4-16(11)18-10-12/h1-4,7,10,13-15,19H,5-6,8-9H2/t13-,14+,15?. The number of nitrogens with one attached hydrogen (secondary N) is 1. The summed E-state index contributed by atoms with van der Waals surface area (Å²) in [4.78, 5) is 16.6. The van der Waals surface area contributed by atoms with Crippen molar-refractivity contribution >= 4 is 16.9 Å².